The van der Waals surface area contributed by atoms with Crippen molar-refractivity contribution in [2.75, 3.05) is 6.61 Å². The summed E-state index contributed by atoms with van der Waals surface area (Å²) in [7, 11) is -4.88. The van der Waals surface area contributed by atoms with Crippen LogP contribution in [0.4, 0.5) is 0 Å². The SMILES string of the molecule is O=C1CCC(C(=O)O)(N2OC[C@H](NC(=O)C(c3ccccc3)S(=O)(=O)O)C2=O)O1.[H-].[H-].[Na+].[Na+]. The minimum absolute atomic E-state index is 0. The predicted octanol–water partition coefficient (Wildman–Crippen LogP) is -6.78. The van der Waals surface area contributed by atoms with Crippen LogP contribution in [0.15, 0.2) is 30.3 Å². The monoisotopic (exact) mass is 476 g/mol. The molecule has 2 aliphatic rings. The van der Waals surface area contributed by atoms with Gasteiger partial charge in [0, 0.05) is 6.42 Å². The Kier molecular flexibility index (Phi) is 9.69. The van der Waals surface area contributed by atoms with E-state index < -0.39 is 57.5 Å². The van der Waals surface area contributed by atoms with Crippen molar-refractivity contribution in [2.45, 2.75) is 29.9 Å². The molecule has 2 aliphatic heterocycles. The molecule has 0 aliphatic carbocycles. The van der Waals surface area contributed by atoms with E-state index in [-0.39, 0.29) is 80.4 Å². The molecule has 3 N–H and O–H groups in total. The molecule has 160 valence electrons. The molecule has 0 bridgehead atoms. The minimum atomic E-state index is -4.88. The Balaban J connectivity index is 0. The van der Waals surface area contributed by atoms with Crippen molar-refractivity contribution in [2.24, 2.45) is 0 Å². The van der Waals surface area contributed by atoms with Gasteiger partial charge in [-0.1, -0.05) is 30.3 Å². The fourth-order valence-corrected chi connectivity index (χ4v) is 3.93. The van der Waals surface area contributed by atoms with Gasteiger partial charge in [-0.25, -0.2) is 4.79 Å². The van der Waals surface area contributed by atoms with Crippen LogP contribution in [0, 0.1) is 0 Å². The van der Waals surface area contributed by atoms with Crippen molar-refractivity contribution in [3.63, 3.8) is 0 Å². The maximum Gasteiger partial charge on any atom is 1.00 e. The number of hydrogen-bond acceptors (Lipinski definition) is 8. The third kappa shape index (κ3) is 5.67. The van der Waals surface area contributed by atoms with Crippen molar-refractivity contribution in [3.05, 3.63) is 35.9 Å². The van der Waals surface area contributed by atoms with Gasteiger partial charge >= 0.3 is 76.8 Å². The van der Waals surface area contributed by atoms with Gasteiger partial charge in [-0.3, -0.25) is 23.8 Å². The molecule has 3 rings (SSSR count). The molecule has 2 amide bonds. The number of hydrogen-bond donors (Lipinski definition) is 3. The van der Waals surface area contributed by atoms with Crippen LogP contribution in [0.5, 0.6) is 0 Å². The number of carboxylic acids is 1. The molecule has 0 aromatic heterocycles. The number of aliphatic carboxylic acids is 1. The molecule has 1 aromatic carbocycles. The maximum absolute atomic E-state index is 12.6. The zero-order valence-electron chi connectivity index (χ0n) is 18.7. The Bertz CT molecular complexity index is 985. The van der Waals surface area contributed by atoms with Crippen LogP contribution in [-0.2, 0) is 38.9 Å². The summed E-state index contributed by atoms with van der Waals surface area (Å²) < 4.78 is 37.7. The van der Waals surface area contributed by atoms with Gasteiger partial charge in [0.15, 0.2) is 5.25 Å². The van der Waals surface area contributed by atoms with E-state index in [0.717, 1.165) is 0 Å². The van der Waals surface area contributed by atoms with Crippen LogP contribution < -0.4 is 64.4 Å². The van der Waals surface area contributed by atoms with Crippen LogP contribution in [0.1, 0.15) is 26.5 Å². The van der Waals surface area contributed by atoms with E-state index in [9.17, 15) is 37.3 Å². The van der Waals surface area contributed by atoms with Gasteiger partial charge < -0.3 is 18.0 Å². The van der Waals surface area contributed by atoms with Gasteiger partial charge in [0.2, 0.25) is 5.91 Å². The van der Waals surface area contributed by atoms with Crippen LogP contribution in [0.2, 0.25) is 0 Å². The Labute approximate surface area is 223 Å². The molecule has 0 spiro atoms. The fraction of sp³-hybridized carbons (Fsp3) is 0.375. The molecule has 2 saturated heterocycles. The van der Waals surface area contributed by atoms with Gasteiger partial charge in [-0.05, 0) is 5.56 Å². The van der Waals surface area contributed by atoms with E-state index in [4.69, 9.17) is 9.57 Å². The molecule has 2 heterocycles. The zero-order valence-corrected chi connectivity index (χ0v) is 21.5. The third-order valence-corrected chi connectivity index (χ3v) is 5.52. The topological polar surface area (TPSA) is 177 Å². The molecule has 12 nitrogen and oxygen atoms in total. The van der Waals surface area contributed by atoms with Crippen molar-refractivity contribution >= 4 is 33.9 Å². The number of carbonyl (C=O) groups excluding carboxylic acids is 3. The maximum atomic E-state index is 12.6. The van der Waals surface area contributed by atoms with Gasteiger partial charge in [0.1, 0.15) is 12.6 Å². The number of carboxylic acid groups (broad SMARTS) is 1. The molecule has 2 unspecified atom stereocenters. The standard InChI is InChI=1S/C16H16N2O10S.2Na.2H/c19-11-6-7-16(28-11,15(22)23)18-14(21)10(8-27-18)17-13(20)12(29(24,25)26)9-4-2-1-3-5-9;;;;/h1-5,10,12H,6-8H2,(H,17,20)(H,22,23)(H,24,25,26);;;;/q;2*+1;2*-1/t10-,12?,16?;;;;/m0..../s1. The second-order valence-corrected chi connectivity index (χ2v) is 7.86. The molecule has 1 aromatic rings. The molecule has 3 atom stereocenters. The quantitative estimate of drug-likeness (QED) is 0.203. The number of ether oxygens (including phenoxy) is 1. The van der Waals surface area contributed by atoms with E-state index in [1.807, 2.05) is 0 Å². The normalized spacial score (nSPS) is 23.9. The first kappa shape index (κ1) is 28.0. The van der Waals surface area contributed by atoms with Crippen molar-refractivity contribution < 1.29 is 109 Å². The largest absolute Gasteiger partial charge is 1.00 e. The van der Waals surface area contributed by atoms with Crippen molar-refractivity contribution in [3.8, 4) is 0 Å². The third-order valence-electron chi connectivity index (χ3n) is 4.44. The second kappa shape index (κ2) is 10.7. The predicted molar refractivity (Wildman–Crippen MR) is 93.4 cm³/mol. The Morgan fingerprint density at radius 1 is 1.23 bits per heavy atom. The number of nitrogens with one attached hydrogen (secondary N) is 1. The second-order valence-electron chi connectivity index (χ2n) is 6.36. The van der Waals surface area contributed by atoms with Gasteiger partial charge in [0.05, 0.1) is 6.42 Å². The Morgan fingerprint density at radius 3 is 2.32 bits per heavy atom. The summed E-state index contributed by atoms with van der Waals surface area (Å²) in [5.41, 5.74) is -2.40. The first-order valence-corrected chi connectivity index (χ1v) is 9.80. The molecule has 0 radical (unpaired) electrons. The number of rotatable bonds is 6. The van der Waals surface area contributed by atoms with Crippen LogP contribution in [0.25, 0.3) is 0 Å². The average molecular weight is 476 g/mol. The van der Waals surface area contributed by atoms with E-state index in [1.54, 1.807) is 6.07 Å². The molecule has 0 saturated carbocycles. The number of cyclic esters (lactones) is 1. The number of hydroxylamine groups is 2. The summed E-state index contributed by atoms with van der Waals surface area (Å²) >= 11 is 0. The average Bonchev–Trinajstić information content (AvgIpc) is 3.19. The first-order valence-electron chi connectivity index (χ1n) is 8.30. The summed E-state index contributed by atoms with van der Waals surface area (Å²) in [6.07, 6.45) is -0.611. The van der Waals surface area contributed by atoms with Crippen molar-refractivity contribution in [1.29, 1.82) is 0 Å². The molecule has 31 heavy (non-hydrogen) atoms. The number of benzene rings is 1. The van der Waals surface area contributed by atoms with Crippen LogP contribution in [0.3, 0.4) is 0 Å². The summed E-state index contributed by atoms with van der Waals surface area (Å²) in [5.74, 6) is -4.73. The molecular formula is C16H18N2Na2O10S. The smallest absolute Gasteiger partial charge is 1.00 e. The molecule has 2 fully saturated rings. The number of carbonyl (C=O) groups is 4. The van der Waals surface area contributed by atoms with Crippen LogP contribution >= 0.6 is 0 Å². The molecule has 15 heteroatoms. The van der Waals surface area contributed by atoms with Gasteiger partial charge in [-0.2, -0.15) is 13.5 Å². The Hall–Kier alpha value is -1.03. The fourth-order valence-electron chi connectivity index (χ4n) is 3.09. The first-order chi connectivity index (χ1) is 13.6. The van der Waals surface area contributed by atoms with E-state index in [1.165, 1.54) is 24.3 Å². The van der Waals surface area contributed by atoms with Crippen LogP contribution in [-0.4, -0.2) is 65.3 Å². The number of nitrogens with zero attached hydrogens (tertiary/aromatic N) is 1. The van der Waals surface area contributed by atoms with E-state index in [0.29, 0.717) is 5.06 Å². The summed E-state index contributed by atoms with van der Waals surface area (Å²) in [6.45, 7) is -0.524. The Morgan fingerprint density at radius 2 is 1.84 bits per heavy atom. The number of esters is 1. The summed E-state index contributed by atoms with van der Waals surface area (Å²) in [5, 5.41) is 9.89. The summed E-state index contributed by atoms with van der Waals surface area (Å²) in [4.78, 5) is 53.1. The molecular weight excluding hydrogens is 458 g/mol. The van der Waals surface area contributed by atoms with Gasteiger partial charge in [-0.15, -0.1) is 0 Å². The van der Waals surface area contributed by atoms with Crippen molar-refractivity contribution in [1.82, 2.24) is 10.4 Å². The minimum Gasteiger partial charge on any atom is -1.00 e. The zero-order chi connectivity index (χ0) is 21.4. The van der Waals surface area contributed by atoms with E-state index >= 15 is 0 Å². The summed E-state index contributed by atoms with van der Waals surface area (Å²) in [6, 6.07) is 5.63. The number of amides is 2. The van der Waals surface area contributed by atoms with Gasteiger partial charge in [0.25, 0.3) is 16.0 Å². The van der Waals surface area contributed by atoms with E-state index in [2.05, 4.69) is 5.32 Å².